The minimum Gasteiger partial charge on any atom is -0.313 e. The molecule has 2 heteroatoms. The maximum absolute atomic E-state index is 3.48. The summed E-state index contributed by atoms with van der Waals surface area (Å²) in [5.41, 5.74) is 0. The lowest BCUT2D eigenvalue weighted by molar-refractivity contribution is 0.315. The van der Waals surface area contributed by atoms with Gasteiger partial charge in [-0.1, -0.05) is 20.8 Å². The highest BCUT2D eigenvalue weighted by atomic mass is 15.1. The molecule has 1 saturated heterocycles. The minimum atomic E-state index is 0.768. The maximum Gasteiger partial charge on any atom is 0.0195 e. The third kappa shape index (κ3) is 4.73. The molecule has 1 atom stereocenters. The third-order valence-corrected chi connectivity index (χ3v) is 2.23. The number of nitrogens with zero attached hydrogens (tertiary/aromatic N) is 1. The zero-order chi connectivity index (χ0) is 9.40. The SMILES string of the molecule is CC.CCN(C)CC1CCCN1. The average Bonchev–Trinajstić information content (AvgIpc) is 2.60. The number of hydrogen-bond acceptors (Lipinski definition) is 2. The Balaban J connectivity index is 0.000000561. The van der Waals surface area contributed by atoms with Crippen molar-refractivity contribution in [3.05, 3.63) is 0 Å². The summed E-state index contributed by atoms with van der Waals surface area (Å²) in [4.78, 5) is 2.36. The monoisotopic (exact) mass is 172 g/mol. The molecule has 0 spiro atoms. The Morgan fingerprint density at radius 1 is 1.42 bits per heavy atom. The van der Waals surface area contributed by atoms with Gasteiger partial charge in [-0.2, -0.15) is 0 Å². The molecule has 1 aliphatic rings. The molecule has 0 aliphatic carbocycles. The van der Waals surface area contributed by atoms with Gasteiger partial charge in [0, 0.05) is 12.6 Å². The van der Waals surface area contributed by atoms with Gasteiger partial charge in [-0.25, -0.2) is 0 Å². The zero-order valence-electron chi connectivity index (χ0n) is 9.06. The molecular weight excluding hydrogens is 148 g/mol. The van der Waals surface area contributed by atoms with E-state index in [1.54, 1.807) is 0 Å². The third-order valence-electron chi connectivity index (χ3n) is 2.23. The largest absolute Gasteiger partial charge is 0.313 e. The van der Waals surface area contributed by atoms with Crippen LogP contribution in [0.5, 0.6) is 0 Å². The van der Waals surface area contributed by atoms with Gasteiger partial charge >= 0.3 is 0 Å². The highest BCUT2D eigenvalue weighted by Gasteiger charge is 2.14. The molecule has 2 nitrogen and oxygen atoms in total. The summed E-state index contributed by atoms with van der Waals surface area (Å²) in [5.74, 6) is 0. The predicted octanol–water partition coefficient (Wildman–Crippen LogP) is 1.72. The van der Waals surface area contributed by atoms with Gasteiger partial charge in [0.25, 0.3) is 0 Å². The lowest BCUT2D eigenvalue weighted by Crippen LogP contribution is -2.35. The molecule has 0 saturated carbocycles. The van der Waals surface area contributed by atoms with Gasteiger partial charge in [-0.15, -0.1) is 0 Å². The normalized spacial score (nSPS) is 22.2. The van der Waals surface area contributed by atoms with Gasteiger partial charge in [-0.3, -0.25) is 0 Å². The molecule has 0 aromatic rings. The van der Waals surface area contributed by atoms with Crippen LogP contribution in [0.2, 0.25) is 0 Å². The van der Waals surface area contributed by atoms with E-state index in [2.05, 4.69) is 24.2 Å². The maximum atomic E-state index is 3.48. The summed E-state index contributed by atoms with van der Waals surface area (Å²) < 4.78 is 0. The van der Waals surface area contributed by atoms with Crippen LogP contribution in [-0.4, -0.2) is 37.6 Å². The smallest absolute Gasteiger partial charge is 0.0195 e. The molecule has 1 unspecified atom stereocenters. The second-order valence-corrected chi connectivity index (χ2v) is 3.15. The Morgan fingerprint density at radius 2 is 2.08 bits per heavy atom. The molecule has 1 aliphatic heterocycles. The topological polar surface area (TPSA) is 15.3 Å². The van der Waals surface area contributed by atoms with Crippen molar-refractivity contribution in [2.45, 2.75) is 39.7 Å². The Hall–Kier alpha value is -0.0800. The van der Waals surface area contributed by atoms with Gasteiger partial charge in [0.1, 0.15) is 0 Å². The minimum absolute atomic E-state index is 0.768. The van der Waals surface area contributed by atoms with Crippen LogP contribution in [-0.2, 0) is 0 Å². The molecule has 0 bridgehead atoms. The van der Waals surface area contributed by atoms with Crippen LogP contribution >= 0.6 is 0 Å². The standard InChI is InChI=1S/C8H18N2.C2H6/c1-3-10(2)7-8-5-4-6-9-8;1-2/h8-9H,3-7H2,1-2H3;1-2H3. The van der Waals surface area contributed by atoms with Crippen molar-refractivity contribution < 1.29 is 0 Å². The molecule has 1 heterocycles. The summed E-state index contributed by atoms with van der Waals surface area (Å²) in [6, 6.07) is 0.768. The highest BCUT2D eigenvalue weighted by molar-refractivity contribution is 4.76. The van der Waals surface area contributed by atoms with Gasteiger partial charge in [-0.05, 0) is 33.0 Å². The van der Waals surface area contributed by atoms with Crippen molar-refractivity contribution >= 4 is 0 Å². The van der Waals surface area contributed by atoms with E-state index in [0.717, 1.165) is 12.6 Å². The Bertz CT molecular complexity index is 87.8. The summed E-state index contributed by atoms with van der Waals surface area (Å²) >= 11 is 0. The van der Waals surface area contributed by atoms with E-state index in [9.17, 15) is 0 Å². The second-order valence-electron chi connectivity index (χ2n) is 3.15. The molecule has 1 N–H and O–H groups in total. The predicted molar refractivity (Wildman–Crippen MR) is 55.5 cm³/mol. The van der Waals surface area contributed by atoms with Gasteiger partial charge in [0.05, 0.1) is 0 Å². The van der Waals surface area contributed by atoms with E-state index in [1.165, 1.54) is 25.9 Å². The van der Waals surface area contributed by atoms with E-state index in [1.807, 2.05) is 13.8 Å². The number of nitrogens with one attached hydrogen (secondary N) is 1. The fraction of sp³-hybridized carbons (Fsp3) is 1.00. The van der Waals surface area contributed by atoms with Crippen LogP contribution in [0.15, 0.2) is 0 Å². The van der Waals surface area contributed by atoms with Crippen molar-refractivity contribution in [2.24, 2.45) is 0 Å². The first-order chi connectivity index (χ1) is 5.83. The van der Waals surface area contributed by atoms with Crippen molar-refractivity contribution in [3.63, 3.8) is 0 Å². The lowest BCUT2D eigenvalue weighted by atomic mass is 10.2. The lowest BCUT2D eigenvalue weighted by Gasteiger charge is -2.18. The van der Waals surface area contributed by atoms with Crippen LogP contribution in [0, 0.1) is 0 Å². The number of rotatable bonds is 3. The fourth-order valence-corrected chi connectivity index (χ4v) is 1.42. The van der Waals surface area contributed by atoms with Gasteiger partial charge in [0.2, 0.25) is 0 Å². The van der Waals surface area contributed by atoms with E-state index in [0.29, 0.717) is 0 Å². The summed E-state index contributed by atoms with van der Waals surface area (Å²) in [6.07, 6.45) is 2.73. The van der Waals surface area contributed by atoms with E-state index < -0.39 is 0 Å². The number of hydrogen-bond donors (Lipinski definition) is 1. The summed E-state index contributed by atoms with van der Waals surface area (Å²) in [7, 11) is 2.18. The fourth-order valence-electron chi connectivity index (χ4n) is 1.42. The molecule has 0 aromatic heterocycles. The van der Waals surface area contributed by atoms with Crippen molar-refractivity contribution in [3.8, 4) is 0 Å². The molecule has 1 fully saturated rings. The second kappa shape index (κ2) is 7.56. The molecular formula is C10H24N2. The Labute approximate surface area is 77.3 Å². The number of likely N-dealkylation sites (N-methyl/N-ethyl adjacent to an activating group) is 1. The van der Waals surface area contributed by atoms with Crippen molar-refractivity contribution in [1.29, 1.82) is 0 Å². The molecule has 0 aromatic carbocycles. The summed E-state index contributed by atoms with van der Waals surface area (Å²) in [5, 5.41) is 3.48. The highest BCUT2D eigenvalue weighted by Crippen LogP contribution is 2.05. The first-order valence-electron chi connectivity index (χ1n) is 5.25. The first-order valence-corrected chi connectivity index (χ1v) is 5.25. The van der Waals surface area contributed by atoms with Crippen molar-refractivity contribution in [2.75, 3.05) is 26.7 Å². The van der Waals surface area contributed by atoms with Crippen LogP contribution < -0.4 is 5.32 Å². The van der Waals surface area contributed by atoms with Crippen LogP contribution in [0.4, 0.5) is 0 Å². The van der Waals surface area contributed by atoms with Crippen LogP contribution in [0.1, 0.15) is 33.6 Å². The quantitative estimate of drug-likeness (QED) is 0.697. The first kappa shape index (κ1) is 11.9. The summed E-state index contributed by atoms with van der Waals surface area (Å²) in [6.45, 7) is 9.81. The van der Waals surface area contributed by atoms with Crippen LogP contribution in [0.3, 0.4) is 0 Å². The van der Waals surface area contributed by atoms with Gasteiger partial charge in [0.15, 0.2) is 0 Å². The van der Waals surface area contributed by atoms with E-state index in [4.69, 9.17) is 0 Å². The Morgan fingerprint density at radius 3 is 2.50 bits per heavy atom. The van der Waals surface area contributed by atoms with Crippen molar-refractivity contribution in [1.82, 2.24) is 10.2 Å². The van der Waals surface area contributed by atoms with Gasteiger partial charge < -0.3 is 10.2 Å². The zero-order valence-corrected chi connectivity index (χ0v) is 9.06. The molecule has 12 heavy (non-hydrogen) atoms. The molecule has 74 valence electrons. The molecule has 0 amide bonds. The Kier molecular flexibility index (Phi) is 7.51. The van der Waals surface area contributed by atoms with Crippen LogP contribution in [0.25, 0.3) is 0 Å². The van der Waals surface area contributed by atoms with E-state index >= 15 is 0 Å². The average molecular weight is 172 g/mol. The molecule has 0 radical (unpaired) electrons. The molecule has 1 rings (SSSR count). The van der Waals surface area contributed by atoms with E-state index in [-0.39, 0.29) is 0 Å².